The Hall–Kier alpha value is -3.53. The summed E-state index contributed by atoms with van der Waals surface area (Å²) < 4.78 is 1.18. The van der Waals surface area contributed by atoms with E-state index in [9.17, 15) is 0 Å². The van der Waals surface area contributed by atoms with E-state index in [2.05, 4.69) is 88.7 Å². The third-order valence-electron chi connectivity index (χ3n) is 5.21. The molecule has 0 amide bonds. The number of fused-ring (bicyclic) bond motifs is 2. The van der Waals surface area contributed by atoms with Crippen LogP contribution in [0.4, 0.5) is 0 Å². The molecule has 5 rings (SSSR count). The quantitative estimate of drug-likeness (QED) is 0.117. The summed E-state index contributed by atoms with van der Waals surface area (Å²) in [5.74, 6) is 13.7. The van der Waals surface area contributed by atoms with Gasteiger partial charge in [-0.05, 0) is 63.7 Å². The highest BCUT2D eigenvalue weighted by Gasteiger charge is 2.13. The molecule has 0 aliphatic rings. The fraction of sp³-hybridized carbons (Fsp3) is 0. The van der Waals surface area contributed by atoms with Crippen molar-refractivity contribution in [2.24, 2.45) is 0 Å². The van der Waals surface area contributed by atoms with Gasteiger partial charge >= 0.3 is 0 Å². The fourth-order valence-electron chi connectivity index (χ4n) is 3.76. The van der Waals surface area contributed by atoms with Gasteiger partial charge in [-0.3, -0.25) is 0 Å². The van der Waals surface area contributed by atoms with Crippen LogP contribution in [0, 0.1) is 27.3 Å². The highest BCUT2D eigenvalue weighted by molar-refractivity contribution is 14.1. The summed E-state index contributed by atoms with van der Waals surface area (Å²) in [6, 6.07) is 35.1. The number of rotatable bonds is 0. The van der Waals surface area contributed by atoms with Crippen molar-refractivity contribution in [1.29, 1.82) is 0 Å². The lowest BCUT2D eigenvalue weighted by atomic mass is 9.92. The van der Waals surface area contributed by atoms with Gasteiger partial charge < -0.3 is 0 Å². The van der Waals surface area contributed by atoms with Crippen molar-refractivity contribution in [2.45, 2.75) is 0 Å². The van der Waals surface area contributed by atoms with Gasteiger partial charge in [0.25, 0.3) is 0 Å². The smallest absolute Gasteiger partial charge is 0.0417 e. The van der Waals surface area contributed by atoms with Crippen molar-refractivity contribution in [1.82, 2.24) is 0 Å². The average molecular weight is 504 g/mol. The lowest BCUT2D eigenvalue weighted by Crippen LogP contribution is -1.92. The number of hydrogen-bond donors (Lipinski definition) is 0. The predicted octanol–water partition coefficient (Wildman–Crippen LogP) is 7.40. The second kappa shape index (κ2) is 8.68. The maximum Gasteiger partial charge on any atom is 0.0417 e. The minimum Gasteiger partial charge on any atom is -0.0622 e. The van der Waals surface area contributed by atoms with E-state index in [4.69, 9.17) is 0 Å². The van der Waals surface area contributed by atoms with E-state index in [0.29, 0.717) is 0 Å². The zero-order chi connectivity index (χ0) is 21.0. The van der Waals surface area contributed by atoms with Crippen molar-refractivity contribution in [3.8, 4) is 23.7 Å². The van der Waals surface area contributed by atoms with Gasteiger partial charge in [-0.1, -0.05) is 96.5 Å². The molecule has 0 atom stereocenters. The number of hydrogen-bond acceptors (Lipinski definition) is 0. The predicted molar refractivity (Wildman–Crippen MR) is 139 cm³/mol. The molecule has 0 unspecified atom stereocenters. The second-order valence-corrected chi connectivity index (χ2v) is 8.35. The van der Waals surface area contributed by atoms with Crippen molar-refractivity contribution in [2.75, 3.05) is 0 Å². The van der Waals surface area contributed by atoms with Crippen molar-refractivity contribution in [3.63, 3.8) is 0 Å². The van der Waals surface area contributed by atoms with Crippen LogP contribution in [-0.4, -0.2) is 0 Å². The van der Waals surface area contributed by atoms with Crippen LogP contribution in [0.15, 0.2) is 103 Å². The van der Waals surface area contributed by atoms with Crippen LogP contribution >= 0.6 is 22.6 Å². The summed E-state index contributed by atoms with van der Waals surface area (Å²) in [5.41, 5.74) is 4.14. The van der Waals surface area contributed by atoms with Crippen molar-refractivity contribution >= 4 is 44.1 Å². The SMILES string of the molecule is Ic1cccc2c(C#Cc3ccccc3)c3ccccc3c(C#Cc3ccccc3)c12. The molecular formula is C30H17I. The first-order valence-electron chi connectivity index (χ1n) is 10.1. The van der Waals surface area contributed by atoms with Gasteiger partial charge in [0.15, 0.2) is 0 Å². The zero-order valence-electron chi connectivity index (χ0n) is 16.7. The largest absolute Gasteiger partial charge is 0.0622 e. The molecule has 5 aromatic carbocycles. The summed E-state index contributed by atoms with van der Waals surface area (Å²) in [6.45, 7) is 0. The van der Waals surface area contributed by atoms with E-state index in [1.54, 1.807) is 0 Å². The Morgan fingerprint density at radius 1 is 0.419 bits per heavy atom. The highest BCUT2D eigenvalue weighted by Crippen LogP contribution is 2.34. The topological polar surface area (TPSA) is 0 Å². The molecule has 31 heavy (non-hydrogen) atoms. The van der Waals surface area contributed by atoms with E-state index >= 15 is 0 Å². The van der Waals surface area contributed by atoms with Gasteiger partial charge in [0.2, 0.25) is 0 Å². The Morgan fingerprint density at radius 3 is 1.52 bits per heavy atom. The highest BCUT2D eigenvalue weighted by atomic mass is 127. The van der Waals surface area contributed by atoms with E-state index in [0.717, 1.165) is 38.4 Å². The zero-order valence-corrected chi connectivity index (χ0v) is 18.9. The third kappa shape index (κ3) is 3.93. The first kappa shape index (κ1) is 19.4. The Morgan fingerprint density at radius 2 is 0.903 bits per heavy atom. The summed E-state index contributed by atoms with van der Waals surface area (Å²) in [5, 5.41) is 4.59. The van der Waals surface area contributed by atoms with E-state index < -0.39 is 0 Å². The minimum absolute atomic E-state index is 1.01. The molecule has 1 heteroatoms. The third-order valence-corrected chi connectivity index (χ3v) is 6.11. The van der Waals surface area contributed by atoms with Crippen LogP contribution < -0.4 is 0 Å². The van der Waals surface area contributed by atoms with Crippen LogP contribution in [0.1, 0.15) is 22.3 Å². The first-order chi connectivity index (χ1) is 15.3. The number of benzene rings is 5. The molecule has 5 aromatic rings. The maximum atomic E-state index is 3.49. The van der Waals surface area contributed by atoms with E-state index in [-0.39, 0.29) is 0 Å². The maximum absolute atomic E-state index is 3.49. The molecule has 0 N–H and O–H groups in total. The second-order valence-electron chi connectivity index (χ2n) is 7.19. The van der Waals surface area contributed by atoms with Crippen LogP contribution in [0.25, 0.3) is 21.5 Å². The van der Waals surface area contributed by atoms with E-state index in [1.165, 1.54) is 8.96 Å². The summed E-state index contributed by atoms with van der Waals surface area (Å²) in [4.78, 5) is 0. The lowest BCUT2D eigenvalue weighted by Gasteiger charge is -2.12. The normalized spacial score (nSPS) is 10.2. The molecule has 0 radical (unpaired) electrons. The Labute approximate surface area is 196 Å². The Bertz CT molecular complexity index is 1520. The first-order valence-corrected chi connectivity index (χ1v) is 11.2. The summed E-state index contributed by atoms with van der Waals surface area (Å²) >= 11 is 2.41. The van der Waals surface area contributed by atoms with Gasteiger partial charge in [-0.25, -0.2) is 0 Å². The molecule has 0 heterocycles. The van der Waals surface area contributed by atoms with E-state index in [1.807, 2.05) is 60.7 Å². The molecule has 0 spiro atoms. The van der Waals surface area contributed by atoms with Gasteiger partial charge in [-0.2, -0.15) is 0 Å². The van der Waals surface area contributed by atoms with Crippen molar-refractivity contribution in [3.05, 3.63) is 129 Å². The van der Waals surface area contributed by atoms with Crippen molar-refractivity contribution < 1.29 is 0 Å². The fourth-order valence-corrected chi connectivity index (χ4v) is 4.53. The Kier molecular flexibility index (Phi) is 5.44. The molecule has 0 bridgehead atoms. The van der Waals surface area contributed by atoms with Gasteiger partial charge in [-0.15, -0.1) is 0 Å². The molecule has 144 valence electrons. The van der Waals surface area contributed by atoms with Crippen LogP contribution in [0.5, 0.6) is 0 Å². The standard InChI is InChI=1S/C30H17I/c31-29-17-9-16-27-26(20-18-22-10-3-1-4-11-22)24-14-7-8-15-25(24)28(30(27)29)21-19-23-12-5-2-6-13-23/h1-17H. The molecule has 0 fully saturated rings. The Balaban J connectivity index is 1.84. The number of halogens is 1. The molecule has 0 aromatic heterocycles. The minimum atomic E-state index is 1.01. The molecule has 0 aliphatic carbocycles. The van der Waals surface area contributed by atoms with Gasteiger partial charge in [0.05, 0.1) is 0 Å². The summed E-state index contributed by atoms with van der Waals surface area (Å²) in [7, 11) is 0. The lowest BCUT2D eigenvalue weighted by molar-refractivity contribution is 1.64. The average Bonchev–Trinajstić information content (AvgIpc) is 2.83. The van der Waals surface area contributed by atoms with Crippen LogP contribution in [-0.2, 0) is 0 Å². The van der Waals surface area contributed by atoms with Gasteiger partial charge in [0.1, 0.15) is 0 Å². The van der Waals surface area contributed by atoms with Crippen LogP contribution in [0.2, 0.25) is 0 Å². The molecule has 0 saturated carbocycles. The molecular weight excluding hydrogens is 487 g/mol. The molecule has 0 nitrogen and oxygen atoms in total. The monoisotopic (exact) mass is 504 g/mol. The molecule has 0 aliphatic heterocycles. The van der Waals surface area contributed by atoms with Gasteiger partial charge in [0, 0.05) is 36.6 Å². The van der Waals surface area contributed by atoms with Crippen LogP contribution in [0.3, 0.4) is 0 Å². The molecule has 0 saturated heterocycles. The summed E-state index contributed by atoms with van der Waals surface area (Å²) in [6.07, 6.45) is 0.